The van der Waals surface area contributed by atoms with Gasteiger partial charge in [0.25, 0.3) is 0 Å². The first-order chi connectivity index (χ1) is 6.22. The molecule has 0 heterocycles. The number of rotatable bonds is 6. The Morgan fingerprint density at radius 3 is 2.77 bits per heavy atom. The molecule has 0 aliphatic carbocycles. The highest BCUT2D eigenvalue weighted by molar-refractivity contribution is 5.74. The van der Waals surface area contributed by atoms with Crippen LogP contribution in [0.1, 0.15) is 32.6 Å². The van der Waals surface area contributed by atoms with Crippen LogP contribution in [0.25, 0.3) is 0 Å². The van der Waals surface area contributed by atoms with Crippen molar-refractivity contribution in [1.29, 1.82) is 0 Å². The first-order valence-corrected chi connectivity index (χ1v) is 4.63. The third kappa shape index (κ3) is 6.34. The van der Waals surface area contributed by atoms with Gasteiger partial charge in [0, 0.05) is 6.42 Å². The maximum absolute atomic E-state index is 10.7. The van der Waals surface area contributed by atoms with Crippen LogP contribution < -0.4 is 0 Å². The summed E-state index contributed by atoms with van der Waals surface area (Å²) in [6.45, 7) is 2.12. The molecule has 0 aromatic carbocycles. The van der Waals surface area contributed by atoms with Crippen LogP contribution in [0.4, 0.5) is 0 Å². The minimum atomic E-state index is -1.01. The molecule has 0 aliphatic rings. The van der Waals surface area contributed by atoms with Gasteiger partial charge in [0.15, 0.2) is 6.10 Å². The van der Waals surface area contributed by atoms with Crippen molar-refractivity contribution >= 4 is 5.97 Å². The molecule has 0 saturated heterocycles. The Morgan fingerprint density at radius 1 is 1.54 bits per heavy atom. The van der Waals surface area contributed by atoms with Gasteiger partial charge in [-0.2, -0.15) is 0 Å². The highest BCUT2D eigenvalue weighted by Crippen LogP contribution is 1.99. The molecule has 0 radical (unpaired) electrons. The van der Waals surface area contributed by atoms with Crippen LogP contribution >= 0.6 is 0 Å². The smallest absolute Gasteiger partial charge is 0.335 e. The van der Waals surface area contributed by atoms with Crippen LogP contribution in [0.5, 0.6) is 0 Å². The fourth-order valence-electron chi connectivity index (χ4n) is 0.897. The van der Waals surface area contributed by atoms with E-state index in [9.17, 15) is 4.79 Å². The summed E-state index contributed by atoms with van der Waals surface area (Å²) in [5.74, 6) is -0.569. The molecular formula is C10H18O3. The number of ether oxygens (including phenoxy) is 1. The summed E-state index contributed by atoms with van der Waals surface area (Å²) in [5.41, 5.74) is 0. The van der Waals surface area contributed by atoms with Crippen molar-refractivity contribution < 1.29 is 14.6 Å². The molecule has 76 valence electrons. The number of carbonyl (C=O) groups excluding carboxylic acids is 1. The lowest BCUT2D eigenvalue weighted by molar-refractivity contribution is -0.150. The number of carbonyl (C=O) groups is 1. The van der Waals surface area contributed by atoms with Crippen LogP contribution in [-0.2, 0) is 9.53 Å². The highest BCUT2D eigenvalue weighted by atomic mass is 16.5. The number of aliphatic hydroxyl groups is 1. The van der Waals surface area contributed by atoms with Gasteiger partial charge in [-0.3, -0.25) is 0 Å². The molecule has 1 atom stereocenters. The summed E-state index contributed by atoms with van der Waals surface area (Å²) in [4.78, 5) is 10.7. The number of methoxy groups -OCH3 is 1. The fraction of sp³-hybridized carbons (Fsp3) is 0.700. The molecule has 1 N–H and O–H groups in total. The molecule has 13 heavy (non-hydrogen) atoms. The summed E-state index contributed by atoms with van der Waals surface area (Å²) in [5, 5.41) is 9.15. The van der Waals surface area contributed by atoms with Crippen molar-refractivity contribution in [2.24, 2.45) is 0 Å². The molecule has 0 bridgehead atoms. The van der Waals surface area contributed by atoms with E-state index < -0.39 is 12.1 Å². The summed E-state index contributed by atoms with van der Waals surface area (Å²) in [6, 6.07) is 0. The molecule has 0 aliphatic heterocycles. The number of hydrogen-bond acceptors (Lipinski definition) is 3. The minimum Gasteiger partial charge on any atom is -0.467 e. The first kappa shape index (κ1) is 12.2. The fourth-order valence-corrected chi connectivity index (χ4v) is 0.897. The maximum atomic E-state index is 10.7. The SMILES string of the molecule is CCCC/C=C/CC(O)C(=O)OC. The predicted molar refractivity (Wildman–Crippen MR) is 51.3 cm³/mol. The van der Waals surface area contributed by atoms with Crippen molar-refractivity contribution in [3.8, 4) is 0 Å². The molecule has 3 heteroatoms. The lowest BCUT2D eigenvalue weighted by atomic mass is 10.2. The maximum Gasteiger partial charge on any atom is 0.335 e. The molecule has 0 spiro atoms. The molecule has 0 aromatic heterocycles. The van der Waals surface area contributed by atoms with Gasteiger partial charge >= 0.3 is 5.97 Å². The Hall–Kier alpha value is -0.830. The van der Waals surface area contributed by atoms with Crippen LogP contribution in [0, 0.1) is 0 Å². The second-order valence-electron chi connectivity index (χ2n) is 2.89. The Kier molecular flexibility index (Phi) is 7.30. The van der Waals surface area contributed by atoms with E-state index in [1.54, 1.807) is 0 Å². The molecule has 0 saturated carbocycles. The topological polar surface area (TPSA) is 46.5 Å². The zero-order valence-electron chi connectivity index (χ0n) is 8.32. The van der Waals surface area contributed by atoms with Crippen LogP contribution in [-0.4, -0.2) is 24.3 Å². The number of unbranched alkanes of at least 4 members (excludes halogenated alkanes) is 2. The standard InChI is InChI=1S/C10H18O3/c1-3-4-5-6-7-8-9(11)10(12)13-2/h6-7,9,11H,3-5,8H2,1-2H3/b7-6+. The van der Waals surface area contributed by atoms with Gasteiger partial charge in [-0.1, -0.05) is 31.9 Å². The third-order valence-electron chi connectivity index (χ3n) is 1.72. The number of aliphatic hydroxyl groups excluding tert-OH is 1. The van der Waals surface area contributed by atoms with E-state index in [0.29, 0.717) is 6.42 Å². The van der Waals surface area contributed by atoms with Crippen molar-refractivity contribution in [2.75, 3.05) is 7.11 Å². The van der Waals surface area contributed by atoms with Crippen molar-refractivity contribution in [1.82, 2.24) is 0 Å². The number of hydrogen-bond donors (Lipinski definition) is 1. The van der Waals surface area contributed by atoms with Crippen LogP contribution in [0.2, 0.25) is 0 Å². The Bertz CT molecular complexity index is 164. The highest BCUT2D eigenvalue weighted by Gasteiger charge is 2.12. The molecule has 0 amide bonds. The van der Waals surface area contributed by atoms with Crippen LogP contribution in [0.15, 0.2) is 12.2 Å². The van der Waals surface area contributed by atoms with Gasteiger partial charge in [0.05, 0.1) is 7.11 Å². The van der Waals surface area contributed by atoms with E-state index in [-0.39, 0.29) is 0 Å². The summed E-state index contributed by atoms with van der Waals surface area (Å²) < 4.78 is 4.37. The molecule has 0 fully saturated rings. The lowest BCUT2D eigenvalue weighted by Gasteiger charge is -2.03. The van der Waals surface area contributed by atoms with Gasteiger partial charge in [-0.15, -0.1) is 0 Å². The van der Waals surface area contributed by atoms with Crippen molar-refractivity contribution in [3.05, 3.63) is 12.2 Å². The summed E-state index contributed by atoms with van der Waals surface area (Å²) in [6.07, 6.45) is 6.44. The third-order valence-corrected chi connectivity index (χ3v) is 1.72. The Balaban J connectivity index is 3.51. The summed E-state index contributed by atoms with van der Waals surface area (Å²) in [7, 11) is 1.27. The average molecular weight is 186 g/mol. The van der Waals surface area contributed by atoms with Gasteiger partial charge < -0.3 is 9.84 Å². The second kappa shape index (κ2) is 7.80. The van der Waals surface area contributed by atoms with Crippen molar-refractivity contribution in [2.45, 2.75) is 38.7 Å². The summed E-state index contributed by atoms with van der Waals surface area (Å²) >= 11 is 0. The molecule has 0 rings (SSSR count). The Morgan fingerprint density at radius 2 is 2.23 bits per heavy atom. The van der Waals surface area contributed by atoms with Gasteiger partial charge in [0.1, 0.15) is 0 Å². The van der Waals surface area contributed by atoms with E-state index in [4.69, 9.17) is 5.11 Å². The largest absolute Gasteiger partial charge is 0.467 e. The zero-order valence-corrected chi connectivity index (χ0v) is 8.32. The van der Waals surface area contributed by atoms with Gasteiger partial charge in [0.2, 0.25) is 0 Å². The van der Waals surface area contributed by atoms with Crippen LogP contribution in [0.3, 0.4) is 0 Å². The second-order valence-corrected chi connectivity index (χ2v) is 2.89. The van der Waals surface area contributed by atoms with E-state index in [1.807, 2.05) is 12.2 Å². The first-order valence-electron chi connectivity index (χ1n) is 4.63. The molecule has 3 nitrogen and oxygen atoms in total. The van der Waals surface area contributed by atoms with E-state index >= 15 is 0 Å². The van der Waals surface area contributed by atoms with Crippen molar-refractivity contribution in [3.63, 3.8) is 0 Å². The molecule has 0 aromatic rings. The monoisotopic (exact) mass is 186 g/mol. The molecule has 1 unspecified atom stereocenters. The number of allylic oxidation sites excluding steroid dienone is 1. The van der Waals surface area contributed by atoms with Gasteiger partial charge in [-0.25, -0.2) is 4.79 Å². The Labute approximate surface area is 79.4 Å². The predicted octanol–water partition coefficient (Wildman–Crippen LogP) is 1.66. The van der Waals surface area contributed by atoms with E-state index in [2.05, 4.69) is 11.7 Å². The quantitative estimate of drug-likeness (QED) is 0.390. The number of esters is 1. The van der Waals surface area contributed by atoms with E-state index in [1.165, 1.54) is 7.11 Å². The lowest BCUT2D eigenvalue weighted by Crippen LogP contribution is -2.20. The van der Waals surface area contributed by atoms with Gasteiger partial charge in [-0.05, 0) is 6.42 Å². The van der Waals surface area contributed by atoms with E-state index in [0.717, 1.165) is 19.3 Å². The molecular weight excluding hydrogens is 168 g/mol. The minimum absolute atomic E-state index is 0.344. The average Bonchev–Trinajstić information content (AvgIpc) is 2.16. The normalized spacial score (nSPS) is 13.2. The zero-order chi connectivity index (χ0) is 10.1.